The number of nitrogens with zero attached hydrogens (tertiary/aromatic N) is 1. The Morgan fingerprint density at radius 3 is 2.41 bits per heavy atom. The number of carbonyl (C=O) groups is 1. The molecule has 2 aromatic carbocycles. The van der Waals surface area contributed by atoms with Crippen molar-refractivity contribution >= 4 is 21.4 Å². The summed E-state index contributed by atoms with van der Waals surface area (Å²) in [4.78, 5) is 25.5. The molecule has 0 spiro atoms. The minimum atomic E-state index is -4.04. The van der Waals surface area contributed by atoms with Gasteiger partial charge >= 0.3 is 0 Å². The fourth-order valence-corrected chi connectivity index (χ4v) is 5.19. The van der Waals surface area contributed by atoms with E-state index in [9.17, 15) is 18.0 Å². The van der Waals surface area contributed by atoms with Gasteiger partial charge in [-0.25, -0.2) is 8.42 Å². The molecule has 1 N–H and O–H groups in total. The van der Waals surface area contributed by atoms with Crippen LogP contribution in [0, 0.1) is 13.8 Å². The van der Waals surface area contributed by atoms with Crippen LogP contribution in [-0.2, 0) is 21.2 Å². The number of hydrogen-bond donors (Lipinski definition) is 1. The van der Waals surface area contributed by atoms with Crippen LogP contribution in [0.2, 0.25) is 0 Å². The normalized spacial score (nSPS) is 12.9. The van der Waals surface area contributed by atoms with Gasteiger partial charge in [0.25, 0.3) is 5.56 Å². The molecule has 1 aromatic heterocycles. The van der Waals surface area contributed by atoms with Gasteiger partial charge in [-0.1, -0.05) is 18.2 Å². The summed E-state index contributed by atoms with van der Waals surface area (Å²) < 4.78 is 38.4. The zero-order valence-corrected chi connectivity index (χ0v) is 18.4. The summed E-state index contributed by atoms with van der Waals surface area (Å²) in [5.74, 6) is 0.642. The van der Waals surface area contributed by atoms with Gasteiger partial charge in [0.15, 0.2) is 11.5 Å². The van der Waals surface area contributed by atoms with Crippen molar-refractivity contribution in [2.75, 3.05) is 18.5 Å². The standard InChI is InChI=1S/C23H22N2O6S/c1-15-12-16(2)25(23(27)22(15)32(28,29)18-6-4-3-5-7-18)14-21(26)24-17-8-9-19-20(13-17)31-11-10-30-19/h3-9,12-13H,10-11,14H2,1-2H3,(H,24,26). The van der Waals surface area contributed by atoms with E-state index in [2.05, 4.69) is 5.32 Å². The van der Waals surface area contributed by atoms with E-state index in [4.69, 9.17) is 9.47 Å². The van der Waals surface area contributed by atoms with E-state index < -0.39 is 21.3 Å². The van der Waals surface area contributed by atoms with Crippen molar-refractivity contribution in [3.8, 4) is 11.5 Å². The number of sulfone groups is 1. The Labute approximate surface area is 185 Å². The van der Waals surface area contributed by atoms with E-state index in [-0.39, 0.29) is 16.3 Å². The summed E-state index contributed by atoms with van der Waals surface area (Å²) >= 11 is 0. The summed E-state index contributed by atoms with van der Waals surface area (Å²) in [5, 5.41) is 2.72. The molecule has 0 saturated heterocycles. The van der Waals surface area contributed by atoms with E-state index in [1.807, 2.05) is 0 Å². The first-order valence-corrected chi connectivity index (χ1v) is 11.5. The molecule has 0 saturated carbocycles. The van der Waals surface area contributed by atoms with Crippen molar-refractivity contribution in [1.29, 1.82) is 0 Å². The third kappa shape index (κ3) is 4.11. The number of aromatic nitrogens is 1. The Bertz CT molecular complexity index is 1350. The van der Waals surface area contributed by atoms with Gasteiger partial charge in [-0.15, -0.1) is 0 Å². The maximum Gasteiger partial charge on any atom is 0.270 e. The van der Waals surface area contributed by atoms with Crippen molar-refractivity contribution in [3.05, 3.63) is 76.2 Å². The Morgan fingerprint density at radius 1 is 1.00 bits per heavy atom. The maximum absolute atomic E-state index is 13.2. The zero-order valence-electron chi connectivity index (χ0n) is 17.6. The number of nitrogens with one attached hydrogen (secondary N) is 1. The van der Waals surface area contributed by atoms with Crippen LogP contribution < -0.4 is 20.3 Å². The first-order chi connectivity index (χ1) is 15.3. The Morgan fingerprint density at radius 2 is 1.69 bits per heavy atom. The number of carbonyl (C=O) groups excluding carboxylic acids is 1. The molecule has 32 heavy (non-hydrogen) atoms. The van der Waals surface area contributed by atoms with Crippen molar-refractivity contribution in [2.45, 2.75) is 30.2 Å². The van der Waals surface area contributed by atoms with Crippen molar-refractivity contribution in [3.63, 3.8) is 0 Å². The van der Waals surface area contributed by atoms with E-state index in [1.54, 1.807) is 56.3 Å². The molecule has 0 bridgehead atoms. The third-order valence-electron chi connectivity index (χ3n) is 5.10. The lowest BCUT2D eigenvalue weighted by Crippen LogP contribution is -2.33. The fraction of sp³-hybridized carbons (Fsp3) is 0.217. The van der Waals surface area contributed by atoms with Gasteiger partial charge in [-0.3, -0.25) is 9.59 Å². The molecule has 2 heterocycles. The summed E-state index contributed by atoms with van der Waals surface area (Å²) in [6.45, 7) is 3.77. The fourth-order valence-electron chi connectivity index (χ4n) is 3.61. The molecular weight excluding hydrogens is 432 g/mol. The maximum atomic E-state index is 13.2. The largest absolute Gasteiger partial charge is 0.486 e. The lowest BCUT2D eigenvalue weighted by atomic mass is 10.2. The molecule has 0 unspecified atom stereocenters. The minimum Gasteiger partial charge on any atom is -0.486 e. The second-order valence-corrected chi connectivity index (χ2v) is 9.30. The molecule has 9 heteroatoms. The third-order valence-corrected chi connectivity index (χ3v) is 7.03. The van der Waals surface area contributed by atoms with Crippen LogP contribution in [0.1, 0.15) is 11.3 Å². The molecule has 0 aliphatic carbocycles. The number of pyridine rings is 1. The molecule has 0 atom stereocenters. The Kier molecular flexibility index (Phi) is 5.75. The smallest absolute Gasteiger partial charge is 0.270 e. The summed E-state index contributed by atoms with van der Waals surface area (Å²) in [7, 11) is -4.04. The van der Waals surface area contributed by atoms with E-state index in [0.717, 1.165) is 4.57 Å². The average molecular weight is 455 g/mol. The van der Waals surface area contributed by atoms with Crippen LogP contribution >= 0.6 is 0 Å². The highest BCUT2D eigenvalue weighted by molar-refractivity contribution is 7.91. The second-order valence-electron chi connectivity index (χ2n) is 7.41. The number of amides is 1. The van der Waals surface area contributed by atoms with E-state index in [1.165, 1.54) is 12.1 Å². The molecule has 1 aliphatic heterocycles. The molecular formula is C23H22N2O6S. The molecule has 1 aliphatic rings. The summed E-state index contributed by atoms with van der Waals surface area (Å²) in [6.07, 6.45) is 0. The summed E-state index contributed by atoms with van der Waals surface area (Å²) in [5.41, 5.74) is 0.564. The van der Waals surface area contributed by atoms with Crippen LogP contribution in [0.5, 0.6) is 11.5 Å². The highest BCUT2D eigenvalue weighted by atomic mass is 32.2. The zero-order chi connectivity index (χ0) is 22.9. The number of hydrogen-bond acceptors (Lipinski definition) is 6. The van der Waals surface area contributed by atoms with Gasteiger partial charge in [0.2, 0.25) is 15.7 Å². The van der Waals surface area contributed by atoms with Gasteiger partial charge in [-0.05, 0) is 49.7 Å². The Hall–Kier alpha value is -3.59. The Balaban J connectivity index is 1.64. The van der Waals surface area contributed by atoms with E-state index in [0.29, 0.717) is 41.7 Å². The average Bonchev–Trinajstić information content (AvgIpc) is 2.77. The predicted octanol–water partition coefficient (Wildman–Crippen LogP) is 2.71. The number of anilines is 1. The second kappa shape index (κ2) is 8.51. The summed E-state index contributed by atoms with van der Waals surface area (Å²) in [6, 6.07) is 14.4. The van der Waals surface area contributed by atoms with Gasteiger partial charge in [0.05, 0.1) is 4.90 Å². The van der Waals surface area contributed by atoms with Gasteiger partial charge in [0.1, 0.15) is 24.7 Å². The lowest BCUT2D eigenvalue weighted by Gasteiger charge is -2.19. The lowest BCUT2D eigenvalue weighted by molar-refractivity contribution is -0.116. The number of fused-ring (bicyclic) bond motifs is 1. The number of ether oxygens (including phenoxy) is 2. The van der Waals surface area contributed by atoms with Crippen LogP contribution in [0.4, 0.5) is 5.69 Å². The molecule has 0 radical (unpaired) electrons. The number of aryl methyl sites for hydroxylation is 2. The highest BCUT2D eigenvalue weighted by Gasteiger charge is 2.26. The first-order valence-electron chi connectivity index (χ1n) is 9.98. The van der Waals surface area contributed by atoms with Crippen LogP contribution in [-0.4, -0.2) is 32.1 Å². The SMILES string of the molecule is Cc1cc(C)n(CC(=O)Nc2ccc3c(c2)OCCO3)c(=O)c1S(=O)(=O)c1ccccc1. The highest BCUT2D eigenvalue weighted by Crippen LogP contribution is 2.32. The number of benzene rings is 2. The molecule has 0 fully saturated rings. The quantitative estimate of drug-likeness (QED) is 0.636. The molecule has 1 amide bonds. The topological polar surface area (TPSA) is 104 Å². The van der Waals surface area contributed by atoms with E-state index >= 15 is 0 Å². The molecule has 4 rings (SSSR count). The monoisotopic (exact) mass is 454 g/mol. The van der Waals surface area contributed by atoms with Crippen LogP contribution in [0.15, 0.2) is 69.2 Å². The molecule has 8 nitrogen and oxygen atoms in total. The minimum absolute atomic E-state index is 0.0244. The van der Waals surface area contributed by atoms with Crippen molar-refractivity contribution in [2.24, 2.45) is 0 Å². The predicted molar refractivity (Wildman–Crippen MR) is 118 cm³/mol. The van der Waals surface area contributed by atoms with Crippen LogP contribution in [0.3, 0.4) is 0 Å². The first kappa shape index (κ1) is 21.6. The van der Waals surface area contributed by atoms with Crippen molar-refractivity contribution in [1.82, 2.24) is 4.57 Å². The van der Waals surface area contributed by atoms with Crippen LogP contribution in [0.25, 0.3) is 0 Å². The van der Waals surface area contributed by atoms with Crippen molar-refractivity contribution < 1.29 is 22.7 Å². The molecule has 166 valence electrons. The number of rotatable bonds is 5. The molecule has 3 aromatic rings. The van der Waals surface area contributed by atoms with Gasteiger partial charge in [-0.2, -0.15) is 0 Å². The van der Waals surface area contributed by atoms with Gasteiger partial charge in [0, 0.05) is 17.4 Å². The van der Waals surface area contributed by atoms with Gasteiger partial charge < -0.3 is 19.4 Å².